The topological polar surface area (TPSA) is 66.4 Å². The third kappa shape index (κ3) is 2.07. The summed E-state index contributed by atoms with van der Waals surface area (Å²) in [5.41, 5.74) is 0.375. The molecule has 2 N–H and O–H groups in total. The van der Waals surface area contributed by atoms with Crippen molar-refractivity contribution in [2.45, 2.75) is 6.92 Å². The van der Waals surface area contributed by atoms with Crippen LogP contribution < -0.4 is 5.32 Å². The zero-order valence-corrected chi connectivity index (χ0v) is 7.37. The lowest BCUT2D eigenvalue weighted by Crippen LogP contribution is -2.22. The summed E-state index contributed by atoms with van der Waals surface area (Å²) in [4.78, 5) is 20.9. The predicted molar refractivity (Wildman–Crippen MR) is 47.4 cm³/mol. The van der Waals surface area contributed by atoms with Crippen molar-refractivity contribution in [3.63, 3.8) is 0 Å². The summed E-state index contributed by atoms with van der Waals surface area (Å²) in [7, 11) is 0. The van der Waals surface area contributed by atoms with Crippen molar-refractivity contribution >= 4 is 17.6 Å². The number of aliphatic carboxylic acids is 1. The maximum absolute atomic E-state index is 13.1. The van der Waals surface area contributed by atoms with Gasteiger partial charge in [-0.05, 0) is 18.6 Å². The van der Waals surface area contributed by atoms with Crippen LogP contribution in [-0.4, -0.2) is 17.0 Å². The molecule has 0 atom stereocenters. The van der Waals surface area contributed by atoms with Crippen molar-refractivity contribution in [1.82, 2.24) is 0 Å². The summed E-state index contributed by atoms with van der Waals surface area (Å²) in [6.07, 6.45) is 0. The normalized spacial score (nSPS) is 9.57. The third-order valence-corrected chi connectivity index (χ3v) is 1.65. The summed E-state index contributed by atoms with van der Waals surface area (Å²) in [5.74, 6) is -3.55. The Bertz CT molecular complexity index is 369. The minimum absolute atomic E-state index is 0.0973. The van der Waals surface area contributed by atoms with E-state index in [4.69, 9.17) is 5.11 Å². The van der Waals surface area contributed by atoms with Crippen LogP contribution in [-0.2, 0) is 9.59 Å². The first kappa shape index (κ1) is 10.2. The Morgan fingerprint density at radius 3 is 2.57 bits per heavy atom. The zero-order valence-electron chi connectivity index (χ0n) is 7.37. The Balaban J connectivity index is 2.97. The molecule has 0 heterocycles. The molecule has 0 aliphatic rings. The largest absolute Gasteiger partial charge is 0.474 e. The van der Waals surface area contributed by atoms with Crippen molar-refractivity contribution < 1.29 is 19.1 Å². The molecule has 74 valence electrons. The van der Waals surface area contributed by atoms with Crippen LogP contribution in [0.3, 0.4) is 0 Å². The number of hydrogen-bond donors (Lipinski definition) is 2. The number of halogens is 1. The van der Waals surface area contributed by atoms with Gasteiger partial charge < -0.3 is 10.4 Å². The van der Waals surface area contributed by atoms with E-state index in [1.165, 1.54) is 6.07 Å². The van der Waals surface area contributed by atoms with E-state index >= 15 is 0 Å². The number of anilines is 1. The van der Waals surface area contributed by atoms with Gasteiger partial charge in [0.25, 0.3) is 0 Å². The van der Waals surface area contributed by atoms with Crippen LogP contribution in [0.25, 0.3) is 0 Å². The number of carbonyl (C=O) groups is 2. The SMILES string of the molecule is Cc1cccc(F)c1NC(=O)C(=O)O. The molecule has 1 aromatic carbocycles. The number of para-hydroxylation sites is 1. The molecule has 14 heavy (non-hydrogen) atoms. The maximum Gasteiger partial charge on any atom is 0.394 e. The Hall–Kier alpha value is -1.91. The first-order chi connectivity index (χ1) is 6.52. The monoisotopic (exact) mass is 197 g/mol. The highest BCUT2D eigenvalue weighted by Gasteiger charge is 2.14. The van der Waals surface area contributed by atoms with Crippen LogP contribution in [0, 0.1) is 12.7 Å². The molecule has 5 heteroatoms. The summed E-state index contributed by atoms with van der Waals surface area (Å²) >= 11 is 0. The fourth-order valence-electron chi connectivity index (χ4n) is 0.957. The van der Waals surface area contributed by atoms with Crippen molar-refractivity contribution in [3.8, 4) is 0 Å². The Morgan fingerprint density at radius 1 is 1.43 bits per heavy atom. The van der Waals surface area contributed by atoms with Gasteiger partial charge in [-0.1, -0.05) is 12.1 Å². The van der Waals surface area contributed by atoms with Crippen LogP contribution >= 0.6 is 0 Å². The molecule has 0 bridgehead atoms. The number of carboxylic acid groups (broad SMARTS) is 1. The molecular formula is C9H8FNO3. The Labute approximate surface area is 79.4 Å². The van der Waals surface area contributed by atoms with E-state index in [1.807, 2.05) is 5.32 Å². The van der Waals surface area contributed by atoms with Crippen LogP contribution in [0.4, 0.5) is 10.1 Å². The average Bonchev–Trinajstić information content (AvgIpc) is 2.11. The number of aryl methyl sites for hydroxylation is 1. The summed E-state index contributed by atoms with van der Waals surface area (Å²) < 4.78 is 13.1. The van der Waals surface area contributed by atoms with Crippen molar-refractivity contribution in [2.75, 3.05) is 5.32 Å². The molecule has 0 aliphatic carbocycles. The fraction of sp³-hybridized carbons (Fsp3) is 0.111. The van der Waals surface area contributed by atoms with Gasteiger partial charge in [0.05, 0.1) is 5.69 Å². The number of carbonyl (C=O) groups excluding carboxylic acids is 1. The quantitative estimate of drug-likeness (QED) is 0.664. The molecule has 1 amide bonds. The summed E-state index contributed by atoms with van der Waals surface area (Å²) in [6, 6.07) is 4.19. The standard InChI is InChI=1S/C9H8FNO3/c1-5-3-2-4-6(10)7(5)11-8(12)9(13)14/h2-4H,1H3,(H,11,12)(H,13,14). The van der Waals surface area contributed by atoms with Gasteiger partial charge in [-0.25, -0.2) is 9.18 Å². The van der Waals surface area contributed by atoms with Crippen LogP contribution in [0.1, 0.15) is 5.56 Å². The first-order valence-corrected chi connectivity index (χ1v) is 3.81. The van der Waals surface area contributed by atoms with Gasteiger partial charge in [-0.15, -0.1) is 0 Å². The van der Waals surface area contributed by atoms with E-state index in [2.05, 4.69) is 0 Å². The van der Waals surface area contributed by atoms with Crippen LogP contribution in [0.15, 0.2) is 18.2 Å². The van der Waals surface area contributed by atoms with Gasteiger partial charge >= 0.3 is 11.9 Å². The minimum Gasteiger partial charge on any atom is -0.474 e. The van der Waals surface area contributed by atoms with E-state index in [1.54, 1.807) is 13.0 Å². The highest BCUT2D eigenvalue weighted by atomic mass is 19.1. The second-order valence-corrected chi connectivity index (χ2v) is 2.69. The highest BCUT2D eigenvalue weighted by molar-refractivity contribution is 6.36. The number of amides is 1. The molecule has 0 aliphatic heterocycles. The highest BCUT2D eigenvalue weighted by Crippen LogP contribution is 2.18. The minimum atomic E-state index is -1.65. The molecule has 4 nitrogen and oxygen atoms in total. The second-order valence-electron chi connectivity index (χ2n) is 2.69. The van der Waals surface area contributed by atoms with Gasteiger partial charge in [-0.2, -0.15) is 0 Å². The van der Waals surface area contributed by atoms with Crippen molar-refractivity contribution in [1.29, 1.82) is 0 Å². The van der Waals surface area contributed by atoms with E-state index in [-0.39, 0.29) is 5.69 Å². The van der Waals surface area contributed by atoms with Crippen molar-refractivity contribution in [2.24, 2.45) is 0 Å². The molecule has 1 rings (SSSR count). The number of carboxylic acids is 1. The molecule has 0 saturated carbocycles. The lowest BCUT2D eigenvalue weighted by molar-refractivity contribution is -0.147. The molecule has 1 aromatic rings. The van der Waals surface area contributed by atoms with Crippen LogP contribution in [0.2, 0.25) is 0 Å². The van der Waals surface area contributed by atoms with E-state index < -0.39 is 17.7 Å². The maximum atomic E-state index is 13.1. The number of benzene rings is 1. The van der Waals surface area contributed by atoms with E-state index in [0.717, 1.165) is 6.07 Å². The Kier molecular flexibility index (Phi) is 2.81. The van der Waals surface area contributed by atoms with Gasteiger partial charge in [0.15, 0.2) is 0 Å². The number of rotatable bonds is 1. The lowest BCUT2D eigenvalue weighted by Gasteiger charge is -2.06. The lowest BCUT2D eigenvalue weighted by atomic mass is 10.2. The van der Waals surface area contributed by atoms with Gasteiger partial charge in [0.2, 0.25) is 0 Å². The zero-order chi connectivity index (χ0) is 10.7. The molecule has 0 spiro atoms. The average molecular weight is 197 g/mol. The fourth-order valence-corrected chi connectivity index (χ4v) is 0.957. The molecule has 0 radical (unpaired) electrons. The molecule has 0 saturated heterocycles. The molecule has 0 aromatic heterocycles. The van der Waals surface area contributed by atoms with Crippen LogP contribution in [0.5, 0.6) is 0 Å². The number of hydrogen-bond acceptors (Lipinski definition) is 2. The second kappa shape index (κ2) is 3.87. The summed E-state index contributed by atoms with van der Waals surface area (Å²) in [5, 5.41) is 10.3. The predicted octanol–water partition coefficient (Wildman–Crippen LogP) is 1.16. The first-order valence-electron chi connectivity index (χ1n) is 3.81. The smallest absolute Gasteiger partial charge is 0.394 e. The van der Waals surface area contributed by atoms with Gasteiger partial charge in [0.1, 0.15) is 5.82 Å². The number of nitrogens with one attached hydrogen (secondary N) is 1. The molecular weight excluding hydrogens is 189 g/mol. The molecule has 0 fully saturated rings. The third-order valence-electron chi connectivity index (χ3n) is 1.65. The Morgan fingerprint density at radius 2 is 2.07 bits per heavy atom. The summed E-state index contributed by atoms with van der Waals surface area (Å²) in [6.45, 7) is 1.57. The van der Waals surface area contributed by atoms with Gasteiger partial charge in [-0.3, -0.25) is 4.79 Å². The van der Waals surface area contributed by atoms with Crippen molar-refractivity contribution in [3.05, 3.63) is 29.6 Å². The van der Waals surface area contributed by atoms with Gasteiger partial charge in [0, 0.05) is 0 Å². The van der Waals surface area contributed by atoms with E-state index in [0.29, 0.717) is 5.56 Å². The van der Waals surface area contributed by atoms with E-state index in [9.17, 15) is 14.0 Å². The molecule has 0 unspecified atom stereocenters.